The Morgan fingerprint density at radius 1 is 1.22 bits per heavy atom. The van der Waals surface area contributed by atoms with E-state index in [0.717, 1.165) is 12.1 Å². The Kier molecular flexibility index (Phi) is 2.68. The fraction of sp³-hybridized carbons (Fsp3) is 0.143. The van der Waals surface area contributed by atoms with Crippen LogP contribution in [0.1, 0.15) is 5.56 Å². The maximum Gasteiger partial charge on any atom is 0.248 e. The van der Waals surface area contributed by atoms with Crippen LogP contribution in [0.15, 0.2) is 48.7 Å². The highest BCUT2D eigenvalue weighted by molar-refractivity contribution is 5.97. The number of nitrogens with zero attached hydrogens (tertiary/aromatic N) is 1. The SMILES string of the molecule is O=C(Nc1ccccn1)C1Cc2ccccc2N1. The van der Waals surface area contributed by atoms with E-state index in [2.05, 4.69) is 15.6 Å². The third-order valence-corrected chi connectivity index (χ3v) is 3.00. The second-order valence-electron chi connectivity index (χ2n) is 4.26. The minimum Gasteiger partial charge on any atom is -0.373 e. The van der Waals surface area contributed by atoms with Crippen LogP contribution < -0.4 is 10.6 Å². The van der Waals surface area contributed by atoms with Crippen molar-refractivity contribution in [1.29, 1.82) is 0 Å². The number of benzene rings is 1. The van der Waals surface area contributed by atoms with Crippen molar-refractivity contribution in [3.05, 3.63) is 54.2 Å². The topological polar surface area (TPSA) is 54.0 Å². The molecule has 1 aromatic carbocycles. The zero-order chi connectivity index (χ0) is 12.4. The quantitative estimate of drug-likeness (QED) is 0.843. The predicted molar refractivity (Wildman–Crippen MR) is 70.4 cm³/mol. The lowest BCUT2D eigenvalue weighted by Crippen LogP contribution is -2.33. The lowest BCUT2D eigenvalue weighted by Gasteiger charge is -2.11. The molecule has 0 saturated carbocycles. The number of anilines is 2. The highest BCUT2D eigenvalue weighted by atomic mass is 16.2. The van der Waals surface area contributed by atoms with E-state index in [1.165, 1.54) is 5.56 Å². The van der Waals surface area contributed by atoms with E-state index < -0.39 is 0 Å². The number of aromatic nitrogens is 1. The number of para-hydroxylation sites is 1. The van der Waals surface area contributed by atoms with Crippen molar-refractivity contribution in [2.75, 3.05) is 10.6 Å². The van der Waals surface area contributed by atoms with Gasteiger partial charge in [0.2, 0.25) is 5.91 Å². The van der Waals surface area contributed by atoms with Gasteiger partial charge in [0.15, 0.2) is 0 Å². The fourth-order valence-electron chi connectivity index (χ4n) is 2.11. The molecule has 4 heteroatoms. The molecule has 2 aromatic rings. The summed E-state index contributed by atoms with van der Waals surface area (Å²) in [6, 6.07) is 13.2. The second-order valence-corrected chi connectivity index (χ2v) is 4.26. The van der Waals surface area contributed by atoms with Gasteiger partial charge in [-0.1, -0.05) is 24.3 Å². The summed E-state index contributed by atoms with van der Waals surface area (Å²) >= 11 is 0. The van der Waals surface area contributed by atoms with Gasteiger partial charge in [0, 0.05) is 18.3 Å². The van der Waals surface area contributed by atoms with Gasteiger partial charge in [-0.05, 0) is 23.8 Å². The zero-order valence-electron chi connectivity index (χ0n) is 9.76. The summed E-state index contributed by atoms with van der Waals surface area (Å²) < 4.78 is 0. The summed E-state index contributed by atoms with van der Waals surface area (Å²) in [5.74, 6) is 0.533. The summed E-state index contributed by atoms with van der Waals surface area (Å²) in [7, 11) is 0. The molecule has 1 unspecified atom stereocenters. The molecule has 0 saturated heterocycles. The van der Waals surface area contributed by atoms with Gasteiger partial charge in [-0.2, -0.15) is 0 Å². The van der Waals surface area contributed by atoms with Crippen LogP contribution >= 0.6 is 0 Å². The minimum absolute atomic E-state index is 0.0510. The lowest BCUT2D eigenvalue weighted by atomic mass is 10.1. The molecule has 1 aromatic heterocycles. The van der Waals surface area contributed by atoms with Crippen LogP contribution in [0.5, 0.6) is 0 Å². The normalized spacial score (nSPS) is 16.8. The second kappa shape index (κ2) is 4.49. The minimum atomic E-state index is -0.218. The Balaban J connectivity index is 1.70. The molecule has 90 valence electrons. The molecular weight excluding hydrogens is 226 g/mol. The van der Waals surface area contributed by atoms with Gasteiger partial charge in [0.05, 0.1) is 0 Å². The fourth-order valence-corrected chi connectivity index (χ4v) is 2.11. The largest absolute Gasteiger partial charge is 0.373 e. The Bertz CT molecular complexity index is 543. The summed E-state index contributed by atoms with van der Waals surface area (Å²) in [4.78, 5) is 16.1. The van der Waals surface area contributed by atoms with Crippen molar-refractivity contribution < 1.29 is 4.79 Å². The lowest BCUT2D eigenvalue weighted by molar-refractivity contribution is -0.116. The molecular formula is C14H13N3O. The van der Waals surface area contributed by atoms with Crippen LogP contribution in [-0.2, 0) is 11.2 Å². The van der Waals surface area contributed by atoms with Crippen LogP contribution in [-0.4, -0.2) is 16.9 Å². The molecule has 0 aliphatic carbocycles. The summed E-state index contributed by atoms with van der Waals surface area (Å²) in [5.41, 5.74) is 2.22. The number of carbonyl (C=O) groups is 1. The molecule has 0 radical (unpaired) electrons. The first-order chi connectivity index (χ1) is 8.83. The standard InChI is InChI=1S/C14H13N3O/c18-14(17-13-7-3-4-8-15-13)12-9-10-5-1-2-6-11(10)16-12/h1-8,12,16H,9H2,(H,15,17,18). The molecule has 0 bridgehead atoms. The number of rotatable bonds is 2. The average Bonchev–Trinajstić information content (AvgIpc) is 2.84. The maximum absolute atomic E-state index is 12.1. The van der Waals surface area contributed by atoms with Gasteiger partial charge in [0.1, 0.15) is 11.9 Å². The van der Waals surface area contributed by atoms with Crippen molar-refractivity contribution >= 4 is 17.4 Å². The number of hydrogen-bond donors (Lipinski definition) is 2. The number of pyridine rings is 1. The molecule has 1 aliphatic heterocycles. The zero-order valence-corrected chi connectivity index (χ0v) is 9.76. The van der Waals surface area contributed by atoms with Gasteiger partial charge in [-0.15, -0.1) is 0 Å². The molecule has 2 heterocycles. The average molecular weight is 239 g/mol. The first-order valence-corrected chi connectivity index (χ1v) is 5.89. The van der Waals surface area contributed by atoms with Crippen molar-refractivity contribution in [3.8, 4) is 0 Å². The Hall–Kier alpha value is -2.36. The van der Waals surface area contributed by atoms with E-state index >= 15 is 0 Å². The highest BCUT2D eigenvalue weighted by Crippen LogP contribution is 2.25. The number of hydrogen-bond acceptors (Lipinski definition) is 3. The van der Waals surface area contributed by atoms with E-state index in [9.17, 15) is 4.79 Å². The number of nitrogens with one attached hydrogen (secondary N) is 2. The molecule has 18 heavy (non-hydrogen) atoms. The Labute approximate surface area is 105 Å². The third kappa shape index (κ3) is 2.05. The molecule has 2 N–H and O–H groups in total. The first kappa shape index (κ1) is 10.8. The van der Waals surface area contributed by atoms with Crippen LogP contribution in [0, 0.1) is 0 Å². The molecule has 0 fully saturated rings. The predicted octanol–water partition coefficient (Wildman–Crippen LogP) is 2.06. The molecule has 4 nitrogen and oxygen atoms in total. The molecule has 1 amide bonds. The van der Waals surface area contributed by atoms with Crippen LogP contribution in [0.25, 0.3) is 0 Å². The molecule has 0 spiro atoms. The Morgan fingerprint density at radius 2 is 2.06 bits per heavy atom. The van der Waals surface area contributed by atoms with Crippen molar-refractivity contribution in [1.82, 2.24) is 4.98 Å². The monoisotopic (exact) mass is 239 g/mol. The first-order valence-electron chi connectivity index (χ1n) is 5.89. The third-order valence-electron chi connectivity index (χ3n) is 3.00. The molecule has 1 aliphatic rings. The van der Waals surface area contributed by atoms with E-state index in [1.807, 2.05) is 36.4 Å². The van der Waals surface area contributed by atoms with E-state index in [0.29, 0.717) is 5.82 Å². The van der Waals surface area contributed by atoms with Crippen molar-refractivity contribution in [2.45, 2.75) is 12.5 Å². The van der Waals surface area contributed by atoms with Crippen LogP contribution in [0.2, 0.25) is 0 Å². The summed E-state index contributed by atoms with van der Waals surface area (Å²) in [6.07, 6.45) is 2.38. The van der Waals surface area contributed by atoms with Crippen molar-refractivity contribution in [2.24, 2.45) is 0 Å². The summed E-state index contributed by atoms with van der Waals surface area (Å²) in [6.45, 7) is 0. The maximum atomic E-state index is 12.1. The summed E-state index contributed by atoms with van der Waals surface area (Å²) in [5, 5.41) is 6.02. The van der Waals surface area contributed by atoms with Crippen molar-refractivity contribution in [3.63, 3.8) is 0 Å². The van der Waals surface area contributed by atoms with Gasteiger partial charge in [-0.25, -0.2) is 4.98 Å². The van der Waals surface area contributed by atoms with Gasteiger partial charge < -0.3 is 10.6 Å². The highest BCUT2D eigenvalue weighted by Gasteiger charge is 2.26. The molecule has 3 rings (SSSR count). The van der Waals surface area contributed by atoms with Gasteiger partial charge in [-0.3, -0.25) is 4.79 Å². The number of amides is 1. The van der Waals surface area contributed by atoms with Gasteiger partial charge in [0.25, 0.3) is 0 Å². The number of fused-ring (bicyclic) bond motifs is 1. The van der Waals surface area contributed by atoms with Crippen LogP contribution in [0.3, 0.4) is 0 Å². The smallest absolute Gasteiger partial charge is 0.248 e. The molecule has 1 atom stereocenters. The number of carbonyl (C=O) groups excluding carboxylic acids is 1. The van der Waals surface area contributed by atoms with E-state index in [4.69, 9.17) is 0 Å². The Morgan fingerprint density at radius 3 is 2.83 bits per heavy atom. The van der Waals surface area contributed by atoms with Crippen LogP contribution in [0.4, 0.5) is 11.5 Å². The van der Waals surface area contributed by atoms with E-state index in [-0.39, 0.29) is 11.9 Å². The van der Waals surface area contributed by atoms with Gasteiger partial charge >= 0.3 is 0 Å². The van der Waals surface area contributed by atoms with E-state index in [1.54, 1.807) is 12.3 Å².